The molecule has 3 aromatic rings. The Labute approximate surface area is 151 Å². The first-order chi connectivity index (χ1) is 12.6. The summed E-state index contributed by atoms with van der Waals surface area (Å²) in [6.45, 7) is 1.95. The van der Waals surface area contributed by atoms with Gasteiger partial charge in [-0.2, -0.15) is 5.10 Å². The lowest BCUT2D eigenvalue weighted by molar-refractivity contribution is 0.0660. The Morgan fingerprint density at radius 1 is 1.19 bits per heavy atom. The van der Waals surface area contributed by atoms with E-state index in [1.54, 1.807) is 35.0 Å². The highest BCUT2D eigenvalue weighted by molar-refractivity contribution is 5.96. The van der Waals surface area contributed by atoms with Crippen LogP contribution in [0.15, 0.2) is 53.5 Å². The van der Waals surface area contributed by atoms with Gasteiger partial charge in [-0.25, -0.2) is 0 Å². The van der Waals surface area contributed by atoms with Crippen LogP contribution in [0.2, 0.25) is 0 Å². The molecule has 6 nitrogen and oxygen atoms in total. The van der Waals surface area contributed by atoms with Crippen molar-refractivity contribution >= 4 is 16.8 Å². The first kappa shape index (κ1) is 16.4. The van der Waals surface area contributed by atoms with Gasteiger partial charge in [-0.1, -0.05) is 18.2 Å². The molecule has 1 aliphatic rings. The Balaban J connectivity index is 1.79. The van der Waals surface area contributed by atoms with Gasteiger partial charge in [0.2, 0.25) is 5.43 Å². The van der Waals surface area contributed by atoms with E-state index in [0.29, 0.717) is 10.9 Å². The van der Waals surface area contributed by atoms with E-state index in [4.69, 9.17) is 0 Å². The molecule has 6 heteroatoms. The zero-order valence-corrected chi connectivity index (χ0v) is 14.8. The summed E-state index contributed by atoms with van der Waals surface area (Å²) in [5.41, 5.74) is 1.18. The number of carbonyl (C=O) groups is 1. The van der Waals surface area contributed by atoms with Crippen molar-refractivity contribution < 1.29 is 4.79 Å². The summed E-state index contributed by atoms with van der Waals surface area (Å²) in [7, 11) is 1.75. The van der Waals surface area contributed by atoms with Crippen molar-refractivity contribution in [2.24, 2.45) is 7.05 Å². The smallest absolute Gasteiger partial charge is 0.279 e. The number of amides is 1. The third-order valence-electron chi connectivity index (χ3n) is 4.87. The molecule has 4 rings (SSSR count). The topological polar surface area (TPSA) is 68.1 Å². The Hall–Kier alpha value is -3.02. The van der Waals surface area contributed by atoms with Gasteiger partial charge in [-0.05, 0) is 44.0 Å². The zero-order chi connectivity index (χ0) is 18.3. The molecule has 2 heterocycles. The normalized spacial score (nSPS) is 15.0. The predicted octanol–water partition coefficient (Wildman–Crippen LogP) is 2.69. The third kappa shape index (κ3) is 2.77. The van der Waals surface area contributed by atoms with Gasteiger partial charge < -0.3 is 4.90 Å². The fraction of sp³-hybridized carbons (Fsp3) is 0.300. The molecule has 0 saturated heterocycles. The molecule has 0 aliphatic heterocycles. The lowest BCUT2D eigenvalue weighted by Gasteiger charge is -2.28. The van der Waals surface area contributed by atoms with Crippen molar-refractivity contribution in [3.8, 4) is 0 Å². The summed E-state index contributed by atoms with van der Waals surface area (Å²) in [6.07, 6.45) is 3.60. The zero-order valence-electron chi connectivity index (χ0n) is 14.8. The highest BCUT2D eigenvalue weighted by atomic mass is 16.2. The molecule has 0 spiro atoms. The third-order valence-corrected chi connectivity index (χ3v) is 4.87. The SMILES string of the molecule is C[C@H](c1ccccn1)N(C(=O)c1nn(C)c2ccccc2c1=O)C1CC1. The van der Waals surface area contributed by atoms with Crippen molar-refractivity contribution in [2.75, 3.05) is 0 Å². The minimum atomic E-state index is -0.322. The molecule has 1 atom stereocenters. The van der Waals surface area contributed by atoms with E-state index in [-0.39, 0.29) is 29.1 Å². The van der Waals surface area contributed by atoms with Crippen molar-refractivity contribution in [3.05, 3.63) is 70.3 Å². The fourth-order valence-electron chi connectivity index (χ4n) is 3.36. The predicted molar refractivity (Wildman–Crippen MR) is 98.8 cm³/mol. The lowest BCUT2D eigenvalue weighted by atomic mass is 10.1. The second kappa shape index (κ2) is 6.37. The molecule has 0 N–H and O–H groups in total. The summed E-state index contributed by atoms with van der Waals surface area (Å²) < 4.78 is 1.60. The quantitative estimate of drug-likeness (QED) is 0.727. The molecule has 0 radical (unpaired) electrons. The summed E-state index contributed by atoms with van der Waals surface area (Å²) in [6, 6.07) is 12.8. The lowest BCUT2D eigenvalue weighted by Crippen LogP contribution is -2.39. The molecule has 1 saturated carbocycles. The largest absolute Gasteiger partial charge is 0.326 e. The molecule has 1 aliphatic carbocycles. The van der Waals surface area contributed by atoms with Crippen molar-refractivity contribution in [1.29, 1.82) is 0 Å². The van der Waals surface area contributed by atoms with Crippen LogP contribution in [-0.2, 0) is 7.05 Å². The van der Waals surface area contributed by atoms with Crippen LogP contribution in [0.4, 0.5) is 0 Å². The summed E-state index contributed by atoms with van der Waals surface area (Å²) >= 11 is 0. The maximum atomic E-state index is 13.3. The second-order valence-electron chi connectivity index (χ2n) is 6.69. The number of para-hydroxylation sites is 1. The van der Waals surface area contributed by atoms with Gasteiger partial charge in [0.25, 0.3) is 5.91 Å². The van der Waals surface area contributed by atoms with E-state index >= 15 is 0 Å². The molecule has 1 fully saturated rings. The van der Waals surface area contributed by atoms with E-state index in [0.717, 1.165) is 18.5 Å². The average Bonchev–Trinajstić information content (AvgIpc) is 3.50. The number of pyridine rings is 1. The number of hydrogen-bond acceptors (Lipinski definition) is 4. The minimum Gasteiger partial charge on any atom is -0.326 e. The molecule has 0 unspecified atom stereocenters. The Kier molecular flexibility index (Phi) is 4.03. The molecule has 2 aromatic heterocycles. The van der Waals surface area contributed by atoms with E-state index in [2.05, 4.69) is 10.1 Å². The van der Waals surface area contributed by atoms with Crippen molar-refractivity contribution in [1.82, 2.24) is 19.7 Å². The minimum absolute atomic E-state index is 0.0270. The molecule has 1 amide bonds. The number of rotatable bonds is 4. The molecule has 0 bridgehead atoms. The van der Waals surface area contributed by atoms with E-state index < -0.39 is 0 Å². The van der Waals surface area contributed by atoms with Crippen LogP contribution < -0.4 is 5.43 Å². The van der Waals surface area contributed by atoms with Crippen molar-refractivity contribution in [3.63, 3.8) is 0 Å². The van der Waals surface area contributed by atoms with E-state index in [1.165, 1.54) is 0 Å². The number of carbonyl (C=O) groups excluding carboxylic acids is 1. The Morgan fingerprint density at radius 3 is 2.62 bits per heavy atom. The van der Waals surface area contributed by atoms with Crippen LogP contribution in [0.5, 0.6) is 0 Å². The van der Waals surface area contributed by atoms with Gasteiger partial charge in [0.1, 0.15) is 0 Å². The first-order valence-corrected chi connectivity index (χ1v) is 8.77. The Morgan fingerprint density at radius 2 is 1.92 bits per heavy atom. The maximum Gasteiger partial charge on any atom is 0.279 e. The summed E-state index contributed by atoms with van der Waals surface area (Å²) in [4.78, 5) is 32.3. The number of hydrogen-bond donors (Lipinski definition) is 0. The number of nitrogens with zero attached hydrogens (tertiary/aromatic N) is 4. The highest BCUT2D eigenvalue weighted by Gasteiger charge is 2.38. The molecule has 132 valence electrons. The molecule has 26 heavy (non-hydrogen) atoms. The van der Waals surface area contributed by atoms with Gasteiger partial charge in [-0.15, -0.1) is 0 Å². The monoisotopic (exact) mass is 348 g/mol. The number of aryl methyl sites for hydroxylation is 1. The fourth-order valence-corrected chi connectivity index (χ4v) is 3.36. The van der Waals surface area contributed by atoms with Crippen LogP contribution in [0.25, 0.3) is 10.9 Å². The second-order valence-corrected chi connectivity index (χ2v) is 6.69. The van der Waals surface area contributed by atoms with Crippen LogP contribution >= 0.6 is 0 Å². The number of fused-ring (bicyclic) bond motifs is 1. The van der Waals surface area contributed by atoms with Crippen LogP contribution in [0.1, 0.15) is 42.0 Å². The average molecular weight is 348 g/mol. The maximum absolute atomic E-state index is 13.3. The highest BCUT2D eigenvalue weighted by Crippen LogP contribution is 2.34. The molecule has 1 aromatic carbocycles. The Bertz CT molecular complexity index is 1020. The number of aromatic nitrogens is 3. The van der Waals surface area contributed by atoms with Gasteiger partial charge in [0.05, 0.1) is 17.3 Å². The van der Waals surface area contributed by atoms with Gasteiger partial charge in [-0.3, -0.25) is 19.3 Å². The standard InChI is InChI=1S/C20H20N4O2/c1-13(16-8-5-6-12-21-16)24(14-10-11-14)20(26)18-19(25)15-7-3-4-9-17(15)23(2)22-18/h3-9,12-14H,10-11H2,1-2H3/t13-/m1/s1. The number of benzene rings is 1. The first-order valence-electron chi connectivity index (χ1n) is 8.77. The van der Waals surface area contributed by atoms with Gasteiger partial charge >= 0.3 is 0 Å². The molecular weight excluding hydrogens is 328 g/mol. The van der Waals surface area contributed by atoms with Crippen molar-refractivity contribution in [2.45, 2.75) is 31.8 Å². The van der Waals surface area contributed by atoms with Gasteiger partial charge in [0.15, 0.2) is 5.69 Å². The van der Waals surface area contributed by atoms with E-state index in [9.17, 15) is 9.59 Å². The van der Waals surface area contributed by atoms with Crippen LogP contribution in [0, 0.1) is 0 Å². The van der Waals surface area contributed by atoms with Gasteiger partial charge in [0, 0.05) is 24.7 Å². The van der Waals surface area contributed by atoms with E-state index in [1.807, 2.05) is 37.3 Å². The summed E-state index contributed by atoms with van der Waals surface area (Å²) in [5.74, 6) is -0.322. The van der Waals surface area contributed by atoms with Crippen LogP contribution in [-0.4, -0.2) is 31.6 Å². The van der Waals surface area contributed by atoms with Crippen LogP contribution in [0.3, 0.4) is 0 Å². The molecular formula is C20H20N4O2. The summed E-state index contributed by atoms with van der Waals surface area (Å²) in [5, 5.41) is 4.81.